The topological polar surface area (TPSA) is 18.5 Å². The molecule has 20 heavy (non-hydrogen) atoms. The van der Waals surface area contributed by atoms with Crippen molar-refractivity contribution < 1.29 is 9.31 Å². The molecule has 1 aliphatic heterocycles. The van der Waals surface area contributed by atoms with Gasteiger partial charge in [0.15, 0.2) is 0 Å². The SMILES string of the molecule is C1=CC(B2O[C@H]3CCCCCCCCCC[C@H]3O2)C=C1. The predicted octanol–water partition coefficient (Wildman–Crippen LogP) is 4.67. The number of hydrogen-bond acceptors (Lipinski definition) is 2. The van der Waals surface area contributed by atoms with Gasteiger partial charge in [0.25, 0.3) is 0 Å². The molecule has 0 aromatic heterocycles. The molecule has 3 rings (SSSR count). The molecule has 3 heteroatoms. The first kappa shape index (κ1) is 14.4. The largest absolute Gasteiger partial charge is 0.468 e. The average molecular weight is 274 g/mol. The van der Waals surface area contributed by atoms with E-state index in [0.717, 1.165) is 0 Å². The van der Waals surface area contributed by atoms with Gasteiger partial charge in [0, 0.05) is 5.82 Å². The summed E-state index contributed by atoms with van der Waals surface area (Å²) in [4.78, 5) is 0. The van der Waals surface area contributed by atoms with E-state index < -0.39 is 0 Å². The van der Waals surface area contributed by atoms with Crippen LogP contribution < -0.4 is 0 Å². The Labute approximate surface area is 123 Å². The van der Waals surface area contributed by atoms with Gasteiger partial charge in [-0.1, -0.05) is 75.7 Å². The van der Waals surface area contributed by atoms with E-state index in [1.807, 2.05) is 0 Å². The van der Waals surface area contributed by atoms with Crippen LogP contribution >= 0.6 is 0 Å². The molecule has 0 unspecified atom stereocenters. The summed E-state index contributed by atoms with van der Waals surface area (Å²) in [5.74, 6) is 0.332. The van der Waals surface area contributed by atoms with E-state index in [0.29, 0.717) is 18.0 Å². The summed E-state index contributed by atoms with van der Waals surface area (Å²) in [5.41, 5.74) is 0. The first-order chi connectivity index (χ1) is 9.93. The van der Waals surface area contributed by atoms with Crippen molar-refractivity contribution in [3.05, 3.63) is 24.3 Å². The van der Waals surface area contributed by atoms with Crippen LogP contribution in [0.5, 0.6) is 0 Å². The van der Waals surface area contributed by atoms with E-state index in [1.54, 1.807) is 0 Å². The minimum Gasteiger partial charge on any atom is -0.405 e. The van der Waals surface area contributed by atoms with Crippen LogP contribution in [0.1, 0.15) is 64.2 Å². The van der Waals surface area contributed by atoms with Gasteiger partial charge in [0.1, 0.15) is 0 Å². The Kier molecular flexibility index (Phi) is 5.38. The monoisotopic (exact) mass is 274 g/mol. The Morgan fingerprint density at radius 1 is 0.650 bits per heavy atom. The van der Waals surface area contributed by atoms with Gasteiger partial charge in [-0.3, -0.25) is 0 Å². The van der Waals surface area contributed by atoms with Crippen LogP contribution in [0.25, 0.3) is 0 Å². The van der Waals surface area contributed by atoms with Crippen molar-refractivity contribution >= 4 is 7.12 Å². The normalized spacial score (nSPS) is 32.9. The van der Waals surface area contributed by atoms with Crippen LogP contribution in [0.3, 0.4) is 0 Å². The zero-order chi connectivity index (χ0) is 13.6. The third-order valence-corrected chi connectivity index (χ3v) is 4.85. The summed E-state index contributed by atoms with van der Waals surface area (Å²) in [7, 11) is -0.0369. The lowest BCUT2D eigenvalue weighted by Crippen LogP contribution is -2.22. The minimum absolute atomic E-state index is 0.0369. The van der Waals surface area contributed by atoms with Gasteiger partial charge in [-0.15, -0.1) is 0 Å². The van der Waals surface area contributed by atoms with Crippen molar-refractivity contribution in [3.63, 3.8) is 0 Å². The van der Waals surface area contributed by atoms with Gasteiger partial charge in [0.2, 0.25) is 0 Å². The number of fused-ring (bicyclic) bond motifs is 1. The number of rotatable bonds is 1. The maximum Gasteiger partial charge on any atom is 0.468 e. The molecule has 0 amide bonds. The quantitative estimate of drug-likeness (QED) is 0.647. The van der Waals surface area contributed by atoms with Gasteiger partial charge >= 0.3 is 7.12 Å². The molecule has 0 aromatic carbocycles. The first-order valence-corrected chi connectivity index (χ1v) is 8.59. The molecule has 3 aliphatic rings. The van der Waals surface area contributed by atoms with E-state index in [4.69, 9.17) is 9.31 Å². The maximum atomic E-state index is 6.23. The molecule has 0 spiro atoms. The molecule has 0 aromatic rings. The fraction of sp³-hybridized carbons (Fsp3) is 0.765. The van der Waals surface area contributed by atoms with Crippen LogP contribution in [0.15, 0.2) is 24.3 Å². The Bertz CT molecular complexity index is 321. The average Bonchev–Trinajstić information content (AvgIpc) is 3.08. The second-order valence-corrected chi connectivity index (χ2v) is 6.47. The van der Waals surface area contributed by atoms with Gasteiger partial charge in [0.05, 0.1) is 12.2 Å². The Hall–Kier alpha value is -0.535. The van der Waals surface area contributed by atoms with E-state index >= 15 is 0 Å². The van der Waals surface area contributed by atoms with Gasteiger partial charge in [-0.25, -0.2) is 0 Å². The standard InChI is InChI=1S/C17H27BO2/c1-2-4-6-8-14-17-16(13-7-5-3-1)19-18(20-17)15-11-9-10-12-15/h9-12,15-17H,1-8,13-14H2/t16-,17+. The van der Waals surface area contributed by atoms with Crippen molar-refractivity contribution in [3.8, 4) is 0 Å². The first-order valence-electron chi connectivity index (χ1n) is 8.59. The summed E-state index contributed by atoms with van der Waals surface area (Å²) in [5, 5.41) is 0. The smallest absolute Gasteiger partial charge is 0.405 e. The third-order valence-electron chi connectivity index (χ3n) is 4.85. The van der Waals surface area contributed by atoms with Gasteiger partial charge < -0.3 is 9.31 Å². The van der Waals surface area contributed by atoms with Crippen LogP contribution in [-0.4, -0.2) is 19.3 Å². The Morgan fingerprint density at radius 3 is 1.60 bits per heavy atom. The molecule has 2 nitrogen and oxygen atoms in total. The summed E-state index contributed by atoms with van der Waals surface area (Å²) in [6, 6.07) is 0. The van der Waals surface area contributed by atoms with Crippen molar-refractivity contribution in [1.82, 2.24) is 0 Å². The van der Waals surface area contributed by atoms with Crippen LogP contribution in [0, 0.1) is 0 Å². The Balaban J connectivity index is 1.56. The molecular formula is C17H27BO2. The molecule has 2 atom stereocenters. The Morgan fingerprint density at radius 2 is 1.10 bits per heavy atom. The zero-order valence-corrected chi connectivity index (χ0v) is 12.5. The fourth-order valence-corrected chi connectivity index (χ4v) is 3.62. The second kappa shape index (κ2) is 7.47. The summed E-state index contributed by atoms with van der Waals surface area (Å²) >= 11 is 0. The van der Waals surface area contributed by atoms with Crippen LogP contribution in [0.2, 0.25) is 5.82 Å². The highest BCUT2D eigenvalue weighted by molar-refractivity contribution is 6.48. The number of allylic oxidation sites excluding steroid dienone is 4. The molecule has 0 radical (unpaired) electrons. The summed E-state index contributed by atoms with van der Waals surface area (Å²) < 4.78 is 12.5. The van der Waals surface area contributed by atoms with E-state index in [2.05, 4.69) is 24.3 Å². The van der Waals surface area contributed by atoms with Crippen LogP contribution in [0.4, 0.5) is 0 Å². The maximum absolute atomic E-state index is 6.23. The van der Waals surface area contributed by atoms with Gasteiger partial charge in [-0.2, -0.15) is 0 Å². The molecule has 1 saturated carbocycles. The van der Waals surface area contributed by atoms with Crippen molar-refractivity contribution in [2.45, 2.75) is 82.2 Å². The molecular weight excluding hydrogens is 247 g/mol. The molecule has 2 fully saturated rings. The lowest BCUT2D eigenvalue weighted by atomic mass is 9.73. The minimum atomic E-state index is -0.0369. The predicted molar refractivity (Wildman–Crippen MR) is 83.7 cm³/mol. The van der Waals surface area contributed by atoms with Crippen molar-refractivity contribution in [2.24, 2.45) is 0 Å². The third kappa shape index (κ3) is 3.76. The second-order valence-electron chi connectivity index (χ2n) is 6.47. The lowest BCUT2D eigenvalue weighted by Gasteiger charge is -2.19. The van der Waals surface area contributed by atoms with Crippen molar-refractivity contribution in [1.29, 1.82) is 0 Å². The molecule has 1 heterocycles. The lowest BCUT2D eigenvalue weighted by molar-refractivity contribution is 0.133. The zero-order valence-electron chi connectivity index (χ0n) is 12.5. The molecule has 1 saturated heterocycles. The molecule has 110 valence electrons. The highest BCUT2D eigenvalue weighted by Gasteiger charge is 2.42. The fourth-order valence-electron chi connectivity index (χ4n) is 3.62. The highest BCUT2D eigenvalue weighted by Crippen LogP contribution is 2.33. The van der Waals surface area contributed by atoms with Crippen molar-refractivity contribution in [2.75, 3.05) is 0 Å². The molecule has 0 bridgehead atoms. The molecule has 2 aliphatic carbocycles. The molecule has 0 N–H and O–H groups in total. The summed E-state index contributed by atoms with van der Waals surface area (Å²) in [6.07, 6.45) is 22.6. The number of hydrogen-bond donors (Lipinski definition) is 0. The van der Waals surface area contributed by atoms with E-state index in [-0.39, 0.29) is 7.12 Å². The van der Waals surface area contributed by atoms with Crippen LogP contribution in [-0.2, 0) is 9.31 Å². The van der Waals surface area contributed by atoms with Gasteiger partial charge in [-0.05, 0) is 12.8 Å². The highest BCUT2D eigenvalue weighted by atomic mass is 16.7. The van der Waals surface area contributed by atoms with E-state index in [9.17, 15) is 0 Å². The summed E-state index contributed by atoms with van der Waals surface area (Å²) in [6.45, 7) is 0. The van der Waals surface area contributed by atoms with E-state index in [1.165, 1.54) is 64.2 Å².